The van der Waals surface area contributed by atoms with E-state index in [9.17, 15) is 4.79 Å². The molecule has 0 saturated heterocycles. The summed E-state index contributed by atoms with van der Waals surface area (Å²) >= 11 is 0. The number of aryl methyl sites for hydroxylation is 1. The van der Waals surface area contributed by atoms with Crippen molar-refractivity contribution in [3.05, 3.63) is 108 Å². The number of carbonyl (C=O) groups is 1. The molecule has 0 spiro atoms. The van der Waals surface area contributed by atoms with Crippen molar-refractivity contribution in [1.82, 2.24) is 4.57 Å². The van der Waals surface area contributed by atoms with Gasteiger partial charge in [-0.1, -0.05) is 54.6 Å². The molecule has 30 heavy (non-hydrogen) atoms. The summed E-state index contributed by atoms with van der Waals surface area (Å²) in [5, 5.41) is 0. The van der Waals surface area contributed by atoms with Gasteiger partial charge in [0, 0.05) is 5.69 Å². The largest absolute Gasteiger partial charge is 0.487 e. The standard InChI is InChI=1S/C26H23NO3/c1-19-15-16-23(21-11-8-12-22(17-21)26(28)29-2)27(19)24-13-6-7-14-25(24)30-18-20-9-4-3-5-10-20/h3-17H,18H2,1-2H3. The second-order valence-corrected chi connectivity index (χ2v) is 7.01. The predicted octanol–water partition coefficient (Wildman–Crippen LogP) is 5.82. The van der Waals surface area contributed by atoms with Crippen molar-refractivity contribution in [2.45, 2.75) is 13.5 Å². The van der Waals surface area contributed by atoms with Crippen LogP contribution in [0.2, 0.25) is 0 Å². The molecule has 1 heterocycles. The van der Waals surface area contributed by atoms with Crippen molar-refractivity contribution in [3.8, 4) is 22.7 Å². The van der Waals surface area contributed by atoms with Crippen molar-refractivity contribution in [2.24, 2.45) is 0 Å². The Hall–Kier alpha value is -3.79. The normalized spacial score (nSPS) is 10.6. The van der Waals surface area contributed by atoms with Crippen LogP contribution in [0.5, 0.6) is 5.75 Å². The second kappa shape index (κ2) is 8.70. The van der Waals surface area contributed by atoms with Gasteiger partial charge in [-0.2, -0.15) is 0 Å². The summed E-state index contributed by atoms with van der Waals surface area (Å²) in [4.78, 5) is 12.0. The first-order valence-corrected chi connectivity index (χ1v) is 9.80. The summed E-state index contributed by atoms with van der Waals surface area (Å²) in [6.07, 6.45) is 0. The SMILES string of the molecule is COC(=O)c1cccc(-c2ccc(C)n2-c2ccccc2OCc2ccccc2)c1. The molecule has 0 bridgehead atoms. The van der Waals surface area contributed by atoms with E-state index >= 15 is 0 Å². The lowest BCUT2D eigenvalue weighted by Gasteiger charge is -2.17. The molecule has 0 radical (unpaired) electrons. The number of nitrogens with zero attached hydrogens (tertiary/aromatic N) is 1. The number of aromatic nitrogens is 1. The van der Waals surface area contributed by atoms with E-state index in [1.54, 1.807) is 6.07 Å². The summed E-state index contributed by atoms with van der Waals surface area (Å²) in [5.74, 6) is 0.448. The van der Waals surface area contributed by atoms with Gasteiger partial charge in [-0.25, -0.2) is 4.79 Å². The number of hydrogen-bond acceptors (Lipinski definition) is 3. The van der Waals surface area contributed by atoms with Crippen molar-refractivity contribution in [2.75, 3.05) is 7.11 Å². The maximum absolute atomic E-state index is 12.0. The highest BCUT2D eigenvalue weighted by atomic mass is 16.5. The second-order valence-electron chi connectivity index (χ2n) is 7.01. The Labute approximate surface area is 176 Å². The van der Waals surface area contributed by atoms with Crippen LogP contribution in [0.25, 0.3) is 16.9 Å². The molecule has 4 nitrogen and oxygen atoms in total. The third-order valence-electron chi connectivity index (χ3n) is 5.00. The molecule has 0 atom stereocenters. The van der Waals surface area contributed by atoms with Crippen LogP contribution in [0.3, 0.4) is 0 Å². The van der Waals surface area contributed by atoms with Crippen molar-refractivity contribution in [1.29, 1.82) is 0 Å². The molecular formula is C26H23NO3. The molecular weight excluding hydrogens is 374 g/mol. The van der Waals surface area contributed by atoms with Gasteiger partial charge in [-0.05, 0) is 54.4 Å². The zero-order valence-electron chi connectivity index (χ0n) is 17.0. The fourth-order valence-electron chi connectivity index (χ4n) is 3.51. The van der Waals surface area contributed by atoms with Crippen LogP contribution in [0, 0.1) is 6.92 Å². The lowest BCUT2D eigenvalue weighted by molar-refractivity contribution is 0.0601. The van der Waals surface area contributed by atoms with Gasteiger partial charge in [-0.15, -0.1) is 0 Å². The quantitative estimate of drug-likeness (QED) is 0.385. The van der Waals surface area contributed by atoms with Crippen molar-refractivity contribution in [3.63, 3.8) is 0 Å². The van der Waals surface area contributed by atoms with E-state index in [-0.39, 0.29) is 5.97 Å². The van der Waals surface area contributed by atoms with Crippen LogP contribution in [0.1, 0.15) is 21.6 Å². The summed E-state index contributed by atoms with van der Waals surface area (Å²) in [5.41, 5.74) is 5.58. The Morgan fingerprint density at radius 3 is 2.43 bits per heavy atom. The van der Waals surface area contributed by atoms with Gasteiger partial charge in [0.1, 0.15) is 12.4 Å². The molecule has 0 unspecified atom stereocenters. The van der Waals surface area contributed by atoms with Gasteiger partial charge in [-0.3, -0.25) is 0 Å². The summed E-state index contributed by atoms with van der Waals surface area (Å²) < 4.78 is 13.2. The monoisotopic (exact) mass is 397 g/mol. The average molecular weight is 397 g/mol. The first kappa shape index (κ1) is 19.5. The zero-order chi connectivity index (χ0) is 20.9. The number of methoxy groups -OCH3 is 1. The molecule has 0 N–H and O–H groups in total. The number of hydrogen-bond donors (Lipinski definition) is 0. The number of ether oxygens (including phenoxy) is 2. The predicted molar refractivity (Wildman–Crippen MR) is 118 cm³/mol. The fourth-order valence-corrected chi connectivity index (χ4v) is 3.51. The summed E-state index contributed by atoms with van der Waals surface area (Å²) in [6, 6.07) is 29.7. The first-order chi connectivity index (χ1) is 14.7. The van der Waals surface area contributed by atoms with Gasteiger partial charge < -0.3 is 14.0 Å². The average Bonchev–Trinajstić information content (AvgIpc) is 3.19. The molecule has 3 aromatic carbocycles. The minimum atomic E-state index is -0.349. The highest BCUT2D eigenvalue weighted by Crippen LogP contribution is 2.32. The highest BCUT2D eigenvalue weighted by Gasteiger charge is 2.15. The molecule has 4 heteroatoms. The Kier molecular flexibility index (Phi) is 5.66. The maximum atomic E-state index is 12.0. The molecule has 150 valence electrons. The Balaban J connectivity index is 1.73. The number of benzene rings is 3. The molecule has 4 aromatic rings. The van der Waals surface area contributed by atoms with E-state index < -0.39 is 0 Å². The minimum absolute atomic E-state index is 0.349. The molecule has 0 aliphatic carbocycles. The maximum Gasteiger partial charge on any atom is 0.337 e. The van der Waals surface area contributed by atoms with E-state index in [0.29, 0.717) is 12.2 Å². The molecule has 0 aliphatic heterocycles. The van der Waals surface area contributed by atoms with E-state index in [1.807, 2.05) is 72.8 Å². The van der Waals surface area contributed by atoms with Crippen molar-refractivity contribution < 1.29 is 14.3 Å². The lowest BCUT2D eigenvalue weighted by atomic mass is 10.1. The molecule has 0 amide bonds. The number of para-hydroxylation sites is 2. The van der Waals surface area contributed by atoms with Crippen LogP contribution in [-0.2, 0) is 11.3 Å². The fraction of sp³-hybridized carbons (Fsp3) is 0.115. The number of rotatable bonds is 6. The van der Waals surface area contributed by atoms with Crippen LogP contribution in [-0.4, -0.2) is 17.6 Å². The van der Waals surface area contributed by atoms with E-state index in [0.717, 1.165) is 34.0 Å². The molecule has 0 saturated carbocycles. The van der Waals surface area contributed by atoms with Gasteiger partial charge in [0.25, 0.3) is 0 Å². The van der Waals surface area contributed by atoms with Crippen LogP contribution < -0.4 is 4.74 Å². The van der Waals surface area contributed by atoms with E-state index in [4.69, 9.17) is 9.47 Å². The topological polar surface area (TPSA) is 40.5 Å². The van der Waals surface area contributed by atoms with E-state index in [1.165, 1.54) is 7.11 Å². The van der Waals surface area contributed by atoms with Crippen molar-refractivity contribution >= 4 is 5.97 Å². The Morgan fingerprint density at radius 2 is 1.63 bits per heavy atom. The molecule has 0 fully saturated rings. The van der Waals surface area contributed by atoms with E-state index in [2.05, 4.69) is 23.6 Å². The minimum Gasteiger partial charge on any atom is -0.487 e. The van der Waals surface area contributed by atoms with Gasteiger partial charge in [0.2, 0.25) is 0 Å². The van der Waals surface area contributed by atoms with Gasteiger partial charge in [0.15, 0.2) is 0 Å². The lowest BCUT2D eigenvalue weighted by Crippen LogP contribution is -2.05. The summed E-state index contributed by atoms with van der Waals surface area (Å²) in [6.45, 7) is 2.55. The van der Waals surface area contributed by atoms with Gasteiger partial charge >= 0.3 is 5.97 Å². The van der Waals surface area contributed by atoms with Gasteiger partial charge in [0.05, 0.1) is 24.1 Å². The highest BCUT2D eigenvalue weighted by molar-refractivity contribution is 5.90. The third-order valence-corrected chi connectivity index (χ3v) is 5.00. The van der Waals surface area contributed by atoms with Crippen LogP contribution in [0.4, 0.5) is 0 Å². The Bertz CT molecular complexity index is 1160. The van der Waals surface area contributed by atoms with Crippen LogP contribution >= 0.6 is 0 Å². The third kappa shape index (κ3) is 3.98. The molecule has 0 aliphatic rings. The first-order valence-electron chi connectivity index (χ1n) is 9.80. The molecule has 1 aromatic heterocycles. The van der Waals surface area contributed by atoms with Crippen LogP contribution in [0.15, 0.2) is 91.0 Å². The smallest absolute Gasteiger partial charge is 0.337 e. The zero-order valence-corrected chi connectivity index (χ0v) is 17.0. The number of esters is 1. The Morgan fingerprint density at radius 1 is 0.867 bits per heavy atom. The number of carbonyl (C=O) groups excluding carboxylic acids is 1. The summed E-state index contributed by atoms with van der Waals surface area (Å²) in [7, 11) is 1.39. The molecule has 4 rings (SSSR count).